The van der Waals surface area contributed by atoms with Crippen molar-refractivity contribution in [3.63, 3.8) is 0 Å². The molecule has 0 radical (unpaired) electrons. The predicted molar refractivity (Wildman–Crippen MR) is 80.8 cm³/mol. The molecule has 8 heteroatoms. The van der Waals surface area contributed by atoms with Crippen LogP contribution in [0.15, 0.2) is 6.20 Å². The Labute approximate surface area is 127 Å². The van der Waals surface area contributed by atoms with E-state index in [1.54, 1.807) is 4.68 Å². The number of rotatable bonds is 3. The third kappa shape index (κ3) is 2.36. The Kier molecular flexibility index (Phi) is 3.55. The normalized spacial score (nSPS) is 14.0. The summed E-state index contributed by atoms with van der Waals surface area (Å²) in [6.45, 7) is 4.87. The van der Waals surface area contributed by atoms with Crippen LogP contribution in [0.5, 0.6) is 0 Å². The minimum absolute atomic E-state index is 0.164. The first kappa shape index (κ1) is 13.9. The lowest BCUT2D eigenvalue weighted by atomic mass is 10.1. The van der Waals surface area contributed by atoms with E-state index >= 15 is 0 Å². The highest BCUT2D eigenvalue weighted by Gasteiger charge is 2.27. The minimum atomic E-state index is 0.164. The molecule has 1 aliphatic rings. The zero-order valence-electron chi connectivity index (χ0n) is 12.0. The number of diazo groups is 1. The van der Waals surface area contributed by atoms with Gasteiger partial charge in [-0.25, -0.2) is 0 Å². The van der Waals surface area contributed by atoms with Gasteiger partial charge in [0.2, 0.25) is 11.2 Å². The van der Waals surface area contributed by atoms with Gasteiger partial charge in [0.25, 0.3) is 0 Å². The van der Waals surface area contributed by atoms with Gasteiger partial charge in [-0.05, 0) is 33.1 Å². The molecule has 2 aromatic heterocycles. The summed E-state index contributed by atoms with van der Waals surface area (Å²) in [4.78, 5) is 3.26. The highest BCUT2D eigenvalue weighted by atomic mass is 35.5. The summed E-state index contributed by atoms with van der Waals surface area (Å²) in [5, 5.41) is 21.7. The van der Waals surface area contributed by atoms with Gasteiger partial charge in [0.15, 0.2) is 10.8 Å². The molecular weight excluding hydrogens is 290 g/mol. The van der Waals surface area contributed by atoms with Crippen LogP contribution in [-0.2, 0) is 13.0 Å². The van der Waals surface area contributed by atoms with Crippen LogP contribution in [0.4, 0.5) is 11.5 Å². The van der Waals surface area contributed by atoms with Gasteiger partial charge in [0.1, 0.15) is 11.2 Å². The van der Waals surface area contributed by atoms with Crippen LogP contribution in [0.25, 0.3) is 10.8 Å². The van der Waals surface area contributed by atoms with Crippen LogP contribution in [0, 0.1) is 5.39 Å². The average Bonchev–Trinajstić information content (AvgIpc) is 3.00. The standard InChI is InChI=1S/C13H17ClN7/c1-8(2)17-12-9(18-15)7-16-21(12)13-11(14)10-5-3-4-6-20(10)19-13/h7-8,17H,3-6H2,1-2H3/q+1. The second-order valence-electron chi connectivity index (χ2n) is 5.45. The Morgan fingerprint density at radius 1 is 1.43 bits per heavy atom. The first-order chi connectivity index (χ1) is 10.1. The molecule has 3 rings (SSSR count). The largest absolute Gasteiger partial charge is 0.446 e. The number of nitrogens with one attached hydrogen (secondary N) is 1. The van der Waals surface area contributed by atoms with E-state index in [1.807, 2.05) is 18.5 Å². The third-order valence-corrected chi connectivity index (χ3v) is 3.88. The van der Waals surface area contributed by atoms with Crippen molar-refractivity contribution in [1.82, 2.24) is 19.6 Å². The van der Waals surface area contributed by atoms with Crippen molar-refractivity contribution >= 4 is 23.1 Å². The molecule has 0 aliphatic carbocycles. The Morgan fingerprint density at radius 2 is 2.24 bits per heavy atom. The van der Waals surface area contributed by atoms with E-state index in [0.717, 1.165) is 31.5 Å². The molecule has 0 atom stereocenters. The highest BCUT2D eigenvalue weighted by Crippen LogP contribution is 2.33. The molecule has 1 aliphatic heterocycles. The third-order valence-electron chi connectivity index (χ3n) is 3.49. The summed E-state index contributed by atoms with van der Waals surface area (Å²) >= 11 is 6.47. The summed E-state index contributed by atoms with van der Waals surface area (Å²) in [5.41, 5.74) is 1.41. The Balaban J connectivity index is 2.11. The number of aromatic nitrogens is 4. The van der Waals surface area contributed by atoms with E-state index in [1.165, 1.54) is 6.20 Å². The molecule has 3 heterocycles. The Hall–Kier alpha value is -2.07. The highest BCUT2D eigenvalue weighted by molar-refractivity contribution is 6.33. The van der Waals surface area contributed by atoms with Crippen LogP contribution >= 0.6 is 11.6 Å². The molecule has 1 N–H and O–H groups in total. The molecule has 7 nitrogen and oxygen atoms in total. The van der Waals surface area contributed by atoms with Gasteiger partial charge in [-0.2, -0.15) is 14.9 Å². The molecule has 0 amide bonds. The minimum Gasteiger partial charge on any atom is -0.361 e. The average molecular weight is 307 g/mol. The van der Waals surface area contributed by atoms with Gasteiger partial charge in [-0.1, -0.05) is 11.6 Å². The van der Waals surface area contributed by atoms with E-state index in [-0.39, 0.29) is 6.04 Å². The van der Waals surface area contributed by atoms with Crippen molar-refractivity contribution in [3.05, 3.63) is 21.9 Å². The molecule has 2 aromatic rings. The summed E-state index contributed by atoms with van der Waals surface area (Å²) in [6, 6.07) is 0.164. The van der Waals surface area contributed by atoms with Crippen molar-refractivity contribution in [3.8, 4) is 5.82 Å². The van der Waals surface area contributed by atoms with Gasteiger partial charge in [0, 0.05) is 12.6 Å². The van der Waals surface area contributed by atoms with Gasteiger partial charge in [0.05, 0.1) is 5.69 Å². The van der Waals surface area contributed by atoms with E-state index in [0.29, 0.717) is 22.3 Å². The quantitative estimate of drug-likeness (QED) is 0.882. The molecule has 0 bridgehead atoms. The summed E-state index contributed by atoms with van der Waals surface area (Å²) in [7, 11) is 0. The first-order valence-corrected chi connectivity index (χ1v) is 7.45. The topological polar surface area (TPSA) is 75.8 Å². The van der Waals surface area contributed by atoms with Crippen LogP contribution in [0.1, 0.15) is 32.4 Å². The summed E-state index contributed by atoms with van der Waals surface area (Å²) in [5.74, 6) is 1.16. The number of nitrogens with zero attached hydrogens (tertiary/aromatic N) is 6. The maximum absolute atomic E-state index is 9.10. The summed E-state index contributed by atoms with van der Waals surface area (Å²) < 4.78 is 3.54. The Bertz CT molecular complexity index is 707. The molecule has 21 heavy (non-hydrogen) atoms. The van der Waals surface area contributed by atoms with Gasteiger partial charge in [-0.3, -0.25) is 4.68 Å². The number of fused-ring (bicyclic) bond motifs is 1. The van der Waals surface area contributed by atoms with E-state index in [9.17, 15) is 0 Å². The maximum atomic E-state index is 9.10. The molecule has 0 unspecified atom stereocenters. The second kappa shape index (κ2) is 5.37. The van der Waals surface area contributed by atoms with Crippen molar-refractivity contribution in [2.24, 2.45) is 0 Å². The molecule has 0 fully saturated rings. The van der Waals surface area contributed by atoms with Crippen LogP contribution in [0.3, 0.4) is 0 Å². The van der Waals surface area contributed by atoms with Gasteiger partial charge >= 0.3 is 5.69 Å². The molecule has 0 spiro atoms. The van der Waals surface area contributed by atoms with E-state index < -0.39 is 0 Å². The molecule has 0 saturated carbocycles. The van der Waals surface area contributed by atoms with Crippen molar-refractivity contribution < 1.29 is 0 Å². The lowest BCUT2D eigenvalue weighted by Crippen LogP contribution is -2.14. The maximum Gasteiger partial charge on any atom is 0.446 e. The van der Waals surface area contributed by atoms with Crippen molar-refractivity contribution in [1.29, 1.82) is 5.39 Å². The first-order valence-electron chi connectivity index (χ1n) is 7.07. The fourth-order valence-corrected chi connectivity index (χ4v) is 2.87. The van der Waals surface area contributed by atoms with Crippen LogP contribution in [-0.4, -0.2) is 25.6 Å². The predicted octanol–water partition coefficient (Wildman–Crippen LogP) is 3.36. The fourth-order valence-electron chi connectivity index (χ4n) is 2.56. The SMILES string of the molecule is CC(C)Nc1c([N+]#N)cnn1-c1nn2c(c1Cl)CCCC2. The lowest BCUT2D eigenvalue weighted by molar-refractivity contribution is 0.484. The smallest absolute Gasteiger partial charge is 0.361 e. The fraction of sp³-hybridized carbons (Fsp3) is 0.538. The Morgan fingerprint density at radius 3 is 2.90 bits per heavy atom. The van der Waals surface area contributed by atoms with E-state index in [4.69, 9.17) is 17.0 Å². The van der Waals surface area contributed by atoms with Gasteiger partial charge in [-0.15, -0.1) is 0 Å². The van der Waals surface area contributed by atoms with Crippen molar-refractivity contribution in [2.45, 2.75) is 45.7 Å². The lowest BCUT2D eigenvalue weighted by Gasteiger charge is -2.12. The molecular formula is C13H17ClN7+. The number of hydrogen-bond donors (Lipinski definition) is 1. The second-order valence-corrected chi connectivity index (χ2v) is 5.83. The number of hydrogen-bond acceptors (Lipinski definition) is 4. The monoisotopic (exact) mass is 306 g/mol. The molecule has 0 saturated heterocycles. The van der Waals surface area contributed by atoms with Crippen LogP contribution < -0.4 is 5.32 Å². The zero-order chi connectivity index (χ0) is 15.0. The number of anilines is 1. The van der Waals surface area contributed by atoms with Gasteiger partial charge < -0.3 is 5.32 Å². The molecule has 0 aromatic carbocycles. The van der Waals surface area contributed by atoms with E-state index in [2.05, 4.69) is 20.5 Å². The van der Waals surface area contributed by atoms with Crippen LogP contribution in [0.2, 0.25) is 5.02 Å². The number of aryl methyl sites for hydroxylation is 1. The number of halogens is 1. The van der Waals surface area contributed by atoms with Crippen molar-refractivity contribution in [2.75, 3.05) is 5.32 Å². The zero-order valence-corrected chi connectivity index (χ0v) is 12.8. The summed E-state index contributed by atoms with van der Waals surface area (Å²) in [6.07, 6.45) is 4.65. The molecule has 110 valence electrons.